The molecule has 0 unspecified atom stereocenters. The van der Waals surface area contributed by atoms with E-state index in [1.807, 2.05) is 44.2 Å². The Hall–Kier alpha value is -3.48. The molecule has 146 valence electrons. The zero-order valence-corrected chi connectivity index (χ0v) is 16.2. The second kappa shape index (κ2) is 10.0. The van der Waals surface area contributed by atoms with Crippen molar-refractivity contribution in [3.8, 4) is 0 Å². The monoisotopic (exact) mass is 380 g/mol. The SMILES string of the molecule is CCc1ccccc1NC(=O)C/C(C)=N\NC(=O)C(=O)Nc1cccc(C)c1. The molecule has 0 radical (unpaired) electrons. The lowest BCUT2D eigenvalue weighted by molar-refractivity contribution is -0.136. The molecule has 7 nitrogen and oxygen atoms in total. The molecule has 3 amide bonds. The molecule has 28 heavy (non-hydrogen) atoms. The van der Waals surface area contributed by atoms with Crippen molar-refractivity contribution in [1.29, 1.82) is 0 Å². The van der Waals surface area contributed by atoms with Crippen LogP contribution in [0.3, 0.4) is 0 Å². The molecular weight excluding hydrogens is 356 g/mol. The van der Waals surface area contributed by atoms with Gasteiger partial charge in [-0.15, -0.1) is 0 Å². The summed E-state index contributed by atoms with van der Waals surface area (Å²) in [6, 6.07) is 14.6. The van der Waals surface area contributed by atoms with Gasteiger partial charge < -0.3 is 10.6 Å². The van der Waals surface area contributed by atoms with Gasteiger partial charge >= 0.3 is 11.8 Å². The van der Waals surface area contributed by atoms with Crippen molar-refractivity contribution in [1.82, 2.24) is 5.43 Å². The summed E-state index contributed by atoms with van der Waals surface area (Å²) >= 11 is 0. The third-order valence-corrected chi connectivity index (χ3v) is 3.92. The maximum Gasteiger partial charge on any atom is 0.329 e. The minimum Gasteiger partial charge on any atom is -0.326 e. The van der Waals surface area contributed by atoms with Crippen LogP contribution in [0.25, 0.3) is 0 Å². The van der Waals surface area contributed by atoms with Crippen LogP contribution in [0.15, 0.2) is 53.6 Å². The van der Waals surface area contributed by atoms with Crippen molar-refractivity contribution in [2.45, 2.75) is 33.6 Å². The van der Waals surface area contributed by atoms with Gasteiger partial charge in [0.1, 0.15) is 0 Å². The predicted molar refractivity (Wildman–Crippen MR) is 110 cm³/mol. The van der Waals surface area contributed by atoms with Crippen molar-refractivity contribution in [3.05, 3.63) is 59.7 Å². The Kier molecular flexibility index (Phi) is 7.45. The fourth-order valence-electron chi connectivity index (χ4n) is 2.52. The molecule has 3 N–H and O–H groups in total. The number of carbonyl (C=O) groups is 3. The van der Waals surface area contributed by atoms with Crippen LogP contribution >= 0.6 is 0 Å². The number of amides is 3. The second-order valence-corrected chi connectivity index (χ2v) is 6.35. The lowest BCUT2D eigenvalue weighted by atomic mass is 10.1. The Morgan fingerprint density at radius 2 is 1.71 bits per heavy atom. The number of hydrogen-bond donors (Lipinski definition) is 3. The van der Waals surface area contributed by atoms with Crippen LogP contribution in [0.1, 0.15) is 31.4 Å². The van der Waals surface area contributed by atoms with E-state index >= 15 is 0 Å². The molecule has 2 aromatic rings. The van der Waals surface area contributed by atoms with Gasteiger partial charge in [0.2, 0.25) is 5.91 Å². The van der Waals surface area contributed by atoms with Crippen LogP contribution < -0.4 is 16.1 Å². The van der Waals surface area contributed by atoms with Gasteiger partial charge in [-0.2, -0.15) is 5.10 Å². The minimum absolute atomic E-state index is 0.00216. The molecular formula is C21H24N4O3. The van der Waals surface area contributed by atoms with Crippen molar-refractivity contribution >= 4 is 34.8 Å². The normalized spacial score (nSPS) is 10.9. The van der Waals surface area contributed by atoms with Crippen LogP contribution in [0, 0.1) is 6.92 Å². The highest BCUT2D eigenvalue weighted by atomic mass is 16.2. The van der Waals surface area contributed by atoms with Crippen LogP contribution in [0.4, 0.5) is 11.4 Å². The largest absolute Gasteiger partial charge is 0.329 e. The number of nitrogens with zero attached hydrogens (tertiary/aromatic N) is 1. The van der Waals surface area contributed by atoms with E-state index in [1.165, 1.54) is 0 Å². The third kappa shape index (κ3) is 6.35. The molecule has 0 spiro atoms. The third-order valence-electron chi connectivity index (χ3n) is 3.92. The molecule has 7 heteroatoms. The summed E-state index contributed by atoms with van der Waals surface area (Å²) in [6.07, 6.45) is 0.799. The fraction of sp³-hybridized carbons (Fsp3) is 0.238. The quantitative estimate of drug-likeness (QED) is 0.408. The number of rotatable bonds is 6. The van der Waals surface area contributed by atoms with E-state index in [4.69, 9.17) is 0 Å². The van der Waals surface area contributed by atoms with Gasteiger partial charge in [-0.1, -0.05) is 37.3 Å². The average Bonchev–Trinajstić information content (AvgIpc) is 2.66. The maximum absolute atomic E-state index is 12.2. The molecule has 0 heterocycles. The average molecular weight is 380 g/mol. The number of aryl methyl sites for hydroxylation is 2. The number of para-hydroxylation sites is 1. The highest BCUT2D eigenvalue weighted by Gasteiger charge is 2.14. The summed E-state index contributed by atoms with van der Waals surface area (Å²) in [4.78, 5) is 35.9. The molecule has 0 aromatic heterocycles. The van der Waals surface area contributed by atoms with Gasteiger partial charge in [0.15, 0.2) is 0 Å². The van der Waals surface area contributed by atoms with Crippen molar-refractivity contribution < 1.29 is 14.4 Å². The van der Waals surface area contributed by atoms with Crippen LogP contribution in [-0.2, 0) is 20.8 Å². The number of hydrogen-bond acceptors (Lipinski definition) is 4. The first-order valence-electron chi connectivity index (χ1n) is 8.98. The lowest BCUT2D eigenvalue weighted by Gasteiger charge is -2.09. The highest BCUT2D eigenvalue weighted by molar-refractivity contribution is 6.39. The number of carbonyl (C=O) groups excluding carboxylic acids is 3. The van der Waals surface area contributed by atoms with Crippen LogP contribution in [-0.4, -0.2) is 23.4 Å². The first kappa shape index (κ1) is 20.8. The number of hydrazone groups is 1. The van der Waals surface area contributed by atoms with Crippen molar-refractivity contribution in [2.24, 2.45) is 5.10 Å². The smallest absolute Gasteiger partial charge is 0.326 e. The van der Waals surface area contributed by atoms with Gasteiger partial charge in [0.25, 0.3) is 0 Å². The fourth-order valence-corrected chi connectivity index (χ4v) is 2.52. The molecule has 0 atom stereocenters. The van der Waals surface area contributed by atoms with E-state index in [1.54, 1.807) is 25.1 Å². The maximum atomic E-state index is 12.2. The van der Waals surface area contributed by atoms with E-state index in [9.17, 15) is 14.4 Å². The summed E-state index contributed by atoms with van der Waals surface area (Å²) < 4.78 is 0. The Morgan fingerprint density at radius 1 is 0.964 bits per heavy atom. The molecule has 2 rings (SSSR count). The number of anilines is 2. The summed E-state index contributed by atoms with van der Waals surface area (Å²) in [5.41, 5.74) is 5.82. The Bertz CT molecular complexity index is 906. The molecule has 0 fully saturated rings. The Balaban J connectivity index is 1.86. The second-order valence-electron chi connectivity index (χ2n) is 6.35. The molecule has 0 aliphatic heterocycles. The van der Waals surface area contributed by atoms with E-state index in [0.29, 0.717) is 11.4 Å². The standard InChI is InChI=1S/C21H24N4O3/c1-4-16-9-5-6-11-18(16)23-19(26)13-15(3)24-25-21(28)20(27)22-17-10-7-8-14(2)12-17/h5-12H,4,13H2,1-3H3,(H,22,27)(H,23,26)(H,25,28)/b24-15-. The Morgan fingerprint density at radius 3 is 2.43 bits per heavy atom. The van der Waals surface area contributed by atoms with Gasteiger partial charge in [0.05, 0.1) is 6.42 Å². The number of nitrogens with one attached hydrogen (secondary N) is 3. The topological polar surface area (TPSA) is 99.7 Å². The van der Waals surface area contributed by atoms with E-state index in [2.05, 4.69) is 21.2 Å². The summed E-state index contributed by atoms with van der Waals surface area (Å²) in [7, 11) is 0. The first-order chi connectivity index (χ1) is 13.4. The van der Waals surface area contributed by atoms with Crippen molar-refractivity contribution in [3.63, 3.8) is 0 Å². The van der Waals surface area contributed by atoms with E-state index < -0.39 is 11.8 Å². The molecule has 0 aliphatic rings. The molecule has 2 aromatic carbocycles. The van der Waals surface area contributed by atoms with Gasteiger partial charge in [-0.05, 0) is 49.6 Å². The zero-order valence-electron chi connectivity index (χ0n) is 16.2. The van der Waals surface area contributed by atoms with Crippen LogP contribution in [0.5, 0.6) is 0 Å². The lowest BCUT2D eigenvalue weighted by Crippen LogP contribution is -2.33. The minimum atomic E-state index is -0.905. The number of benzene rings is 2. The van der Waals surface area contributed by atoms with Crippen LogP contribution in [0.2, 0.25) is 0 Å². The van der Waals surface area contributed by atoms with Crippen molar-refractivity contribution in [2.75, 3.05) is 10.6 Å². The van der Waals surface area contributed by atoms with Gasteiger partial charge in [-0.25, -0.2) is 5.43 Å². The first-order valence-corrected chi connectivity index (χ1v) is 8.98. The zero-order chi connectivity index (χ0) is 20.5. The van der Waals surface area contributed by atoms with Gasteiger partial charge in [0, 0.05) is 17.1 Å². The van der Waals surface area contributed by atoms with E-state index in [0.717, 1.165) is 23.2 Å². The summed E-state index contributed by atoms with van der Waals surface area (Å²) in [5, 5.41) is 9.15. The van der Waals surface area contributed by atoms with Gasteiger partial charge in [-0.3, -0.25) is 14.4 Å². The molecule has 0 saturated heterocycles. The summed E-state index contributed by atoms with van der Waals surface area (Å²) in [5.74, 6) is -1.98. The molecule has 0 bridgehead atoms. The molecule has 0 saturated carbocycles. The van der Waals surface area contributed by atoms with E-state index in [-0.39, 0.29) is 12.3 Å². The summed E-state index contributed by atoms with van der Waals surface area (Å²) in [6.45, 7) is 5.49. The predicted octanol–water partition coefficient (Wildman–Crippen LogP) is 3.02. The molecule has 0 aliphatic carbocycles. The Labute approximate surface area is 164 Å². The highest BCUT2D eigenvalue weighted by Crippen LogP contribution is 2.15.